The normalized spacial score (nSPS) is 17.2. The van der Waals surface area contributed by atoms with E-state index in [0.717, 1.165) is 25.9 Å². The van der Waals surface area contributed by atoms with Gasteiger partial charge in [-0.2, -0.15) is 5.26 Å². The minimum atomic E-state index is 0.201. The summed E-state index contributed by atoms with van der Waals surface area (Å²) in [5, 5.41) is 8.34. The lowest BCUT2D eigenvalue weighted by Gasteiger charge is -2.19. The molecule has 1 fully saturated rings. The lowest BCUT2D eigenvalue weighted by atomic mass is 10.2. The predicted octanol–water partition coefficient (Wildman–Crippen LogP) is 1.65. The van der Waals surface area contributed by atoms with Crippen LogP contribution in [0.1, 0.15) is 25.7 Å². The van der Waals surface area contributed by atoms with Crippen molar-refractivity contribution in [2.75, 3.05) is 24.6 Å². The van der Waals surface area contributed by atoms with E-state index in [1.807, 2.05) is 11.0 Å². The third-order valence-corrected chi connectivity index (χ3v) is 3.14. The first-order valence-corrected chi connectivity index (χ1v) is 6.22. The van der Waals surface area contributed by atoms with Crippen LogP contribution in [0.3, 0.4) is 0 Å². The summed E-state index contributed by atoms with van der Waals surface area (Å²) in [6, 6.07) is 2.03. The van der Waals surface area contributed by atoms with E-state index in [0.29, 0.717) is 11.5 Å². The molecular weight excluding hydrogens is 196 g/mol. The molecule has 1 rings (SSSR count). The first kappa shape index (κ1) is 11.4. The van der Waals surface area contributed by atoms with E-state index >= 15 is 0 Å². The maximum Gasteiger partial charge on any atom is 0.232 e. The summed E-state index contributed by atoms with van der Waals surface area (Å²) in [5.74, 6) is 1.08. The first-order valence-electron chi connectivity index (χ1n) is 5.07. The molecule has 0 N–H and O–H groups in total. The standard InChI is InChI=1S/C10H16N2OS/c11-5-8-14-9-10(13)12-6-3-1-2-4-7-12/h1-4,6-9H2. The van der Waals surface area contributed by atoms with Gasteiger partial charge >= 0.3 is 0 Å². The van der Waals surface area contributed by atoms with Gasteiger partial charge in [0.15, 0.2) is 0 Å². The maximum absolute atomic E-state index is 11.6. The number of hydrogen-bond donors (Lipinski definition) is 0. The van der Waals surface area contributed by atoms with Gasteiger partial charge in [-0.1, -0.05) is 12.8 Å². The van der Waals surface area contributed by atoms with Gasteiger partial charge in [-0.25, -0.2) is 0 Å². The van der Waals surface area contributed by atoms with Gasteiger partial charge in [-0.3, -0.25) is 4.79 Å². The lowest BCUT2D eigenvalue weighted by Crippen LogP contribution is -2.33. The van der Waals surface area contributed by atoms with Gasteiger partial charge < -0.3 is 4.90 Å². The van der Waals surface area contributed by atoms with Gasteiger partial charge in [0.2, 0.25) is 5.91 Å². The number of amides is 1. The molecule has 14 heavy (non-hydrogen) atoms. The third-order valence-electron chi connectivity index (χ3n) is 2.35. The Morgan fingerprint density at radius 1 is 1.29 bits per heavy atom. The Hall–Kier alpha value is -0.690. The summed E-state index contributed by atoms with van der Waals surface area (Å²) in [4.78, 5) is 13.6. The molecule has 78 valence electrons. The van der Waals surface area contributed by atoms with Crippen LogP contribution in [0.25, 0.3) is 0 Å². The molecule has 0 aromatic rings. The zero-order chi connectivity index (χ0) is 10.2. The van der Waals surface area contributed by atoms with E-state index in [9.17, 15) is 4.79 Å². The number of carbonyl (C=O) groups is 1. The highest BCUT2D eigenvalue weighted by Gasteiger charge is 2.14. The van der Waals surface area contributed by atoms with Crippen LogP contribution in [0.5, 0.6) is 0 Å². The van der Waals surface area contributed by atoms with Crippen LogP contribution < -0.4 is 0 Å². The van der Waals surface area contributed by atoms with Crippen LogP contribution >= 0.6 is 11.8 Å². The molecule has 0 atom stereocenters. The second-order valence-corrected chi connectivity index (χ2v) is 4.43. The van der Waals surface area contributed by atoms with Crippen LogP contribution in [0.2, 0.25) is 0 Å². The summed E-state index contributed by atoms with van der Waals surface area (Å²) in [6.07, 6.45) is 4.76. The number of nitrogens with zero attached hydrogens (tertiary/aromatic N) is 2. The summed E-state index contributed by atoms with van der Waals surface area (Å²) < 4.78 is 0. The van der Waals surface area contributed by atoms with Crippen molar-refractivity contribution in [3.05, 3.63) is 0 Å². The molecule has 0 aromatic heterocycles. The summed E-state index contributed by atoms with van der Waals surface area (Å²) in [7, 11) is 0. The Morgan fingerprint density at radius 2 is 1.93 bits per heavy atom. The number of hydrogen-bond acceptors (Lipinski definition) is 3. The maximum atomic E-state index is 11.6. The molecule has 0 aromatic carbocycles. The van der Waals surface area contributed by atoms with E-state index in [1.54, 1.807) is 0 Å². The number of carbonyl (C=O) groups excluding carboxylic acids is 1. The Kier molecular flexibility index (Phi) is 5.46. The Morgan fingerprint density at radius 3 is 2.50 bits per heavy atom. The monoisotopic (exact) mass is 212 g/mol. The van der Waals surface area contributed by atoms with Crippen molar-refractivity contribution < 1.29 is 4.79 Å². The van der Waals surface area contributed by atoms with Crippen molar-refractivity contribution in [1.82, 2.24) is 4.90 Å². The van der Waals surface area contributed by atoms with Crippen LogP contribution in [-0.4, -0.2) is 35.4 Å². The molecule has 0 unspecified atom stereocenters. The third kappa shape index (κ3) is 4.01. The highest BCUT2D eigenvalue weighted by molar-refractivity contribution is 8.00. The van der Waals surface area contributed by atoms with Crippen LogP contribution in [0.15, 0.2) is 0 Å². The molecule has 0 aliphatic carbocycles. The van der Waals surface area contributed by atoms with E-state index in [-0.39, 0.29) is 5.91 Å². The van der Waals surface area contributed by atoms with Crippen molar-refractivity contribution in [1.29, 1.82) is 5.26 Å². The molecule has 0 bridgehead atoms. The molecule has 1 aliphatic rings. The fourth-order valence-electron chi connectivity index (χ4n) is 1.60. The van der Waals surface area contributed by atoms with Crippen molar-refractivity contribution >= 4 is 17.7 Å². The Labute approximate surface area is 89.5 Å². The highest BCUT2D eigenvalue weighted by atomic mass is 32.2. The van der Waals surface area contributed by atoms with Crippen molar-refractivity contribution in [3.63, 3.8) is 0 Å². The molecule has 0 spiro atoms. The summed E-state index contributed by atoms with van der Waals surface area (Å²) >= 11 is 1.41. The van der Waals surface area contributed by atoms with E-state index < -0.39 is 0 Å². The molecule has 1 aliphatic heterocycles. The zero-order valence-electron chi connectivity index (χ0n) is 8.37. The van der Waals surface area contributed by atoms with E-state index in [4.69, 9.17) is 5.26 Å². The number of rotatable bonds is 3. The van der Waals surface area contributed by atoms with Crippen LogP contribution in [0.4, 0.5) is 0 Å². The zero-order valence-corrected chi connectivity index (χ0v) is 9.18. The fourth-order valence-corrected chi connectivity index (χ4v) is 2.15. The van der Waals surface area contributed by atoms with Crippen molar-refractivity contribution in [2.45, 2.75) is 25.7 Å². The average molecular weight is 212 g/mol. The largest absolute Gasteiger partial charge is 0.342 e. The van der Waals surface area contributed by atoms with E-state index in [1.165, 1.54) is 24.6 Å². The molecule has 0 saturated carbocycles. The van der Waals surface area contributed by atoms with Gasteiger partial charge in [-0.15, -0.1) is 11.8 Å². The van der Waals surface area contributed by atoms with Gasteiger partial charge in [0, 0.05) is 13.1 Å². The minimum Gasteiger partial charge on any atom is -0.342 e. The van der Waals surface area contributed by atoms with Crippen LogP contribution in [0, 0.1) is 11.3 Å². The SMILES string of the molecule is N#CCSCC(=O)N1CCCCCC1. The molecular formula is C10H16N2OS. The fraction of sp³-hybridized carbons (Fsp3) is 0.800. The number of nitriles is 1. The van der Waals surface area contributed by atoms with Gasteiger partial charge in [0.05, 0.1) is 17.6 Å². The second kappa shape index (κ2) is 6.72. The van der Waals surface area contributed by atoms with Crippen molar-refractivity contribution in [3.8, 4) is 6.07 Å². The number of thioether (sulfide) groups is 1. The first-order chi connectivity index (χ1) is 6.84. The topological polar surface area (TPSA) is 44.1 Å². The average Bonchev–Trinajstić information content (AvgIpc) is 2.46. The molecule has 1 saturated heterocycles. The summed E-state index contributed by atoms with van der Waals surface area (Å²) in [6.45, 7) is 1.82. The quantitative estimate of drug-likeness (QED) is 0.668. The molecule has 1 amide bonds. The summed E-state index contributed by atoms with van der Waals surface area (Å²) in [5.41, 5.74) is 0. The molecule has 4 heteroatoms. The highest BCUT2D eigenvalue weighted by Crippen LogP contribution is 2.11. The lowest BCUT2D eigenvalue weighted by molar-refractivity contribution is -0.128. The molecule has 0 radical (unpaired) electrons. The van der Waals surface area contributed by atoms with Gasteiger partial charge in [0.1, 0.15) is 0 Å². The van der Waals surface area contributed by atoms with Crippen LogP contribution in [-0.2, 0) is 4.79 Å². The number of likely N-dealkylation sites (tertiary alicyclic amines) is 1. The predicted molar refractivity (Wildman–Crippen MR) is 58.0 cm³/mol. The molecule has 3 nitrogen and oxygen atoms in total. The van der Waals surface area contributed by atoms with Gasteiger partial charge in [0.25, 0.3) is 0 Å². The second-order valence-electron chi connectivity index (χ2n) is 3.45. The van der Waals surface area contributed by atoms with Gasteiger partial charge in [-0.05, 0) is 12.8 Å². The minimum absolute atomic E-state index is 0.201. The van der Waals surface area contributed by atoms with Crippen molar-refractivity contribution in [2.24, 2.45) is 0 Å². The molecule has 1 heterocycles. The Balaban J connectivity index is 2.24. The smallest absolute Gasteiger partial charge is 0.232 e. The Bertz CT molecular complexity index is 217. The van der Waals surface area contributed by atoms with E-state index in [2.05, 4.69) is 0 Å².